The molecule has 0 aliphatic carbocycles. The first-order valence-corrected chi connectivity index (χ1v) is 5.32. The van der Waals surface area contributed by atoms with Crippen LogP contribution in [0.25, 0.3) is 0 Å². The van der Waals surface area contributed by atoms with Gasteiger partial charge in [0.2, 0.25) is 5.89 Å². The van der Waals surface area contributed by atoms with Crippen LogP contribution in [-0.4, -0.2) is 10.2 Å². The molecule has 0 amide bonds. The standard InChI is InChI=1S/C12H15N3O2/c1-12(2,3)10-14-15-11(17-10)16-9-6-4-8(13)5-7-9/h4-7H,13H2,1-3H3. The fraction of sp³-hybridized carbons (Fsp3) is 0.333. The Morgan fingerprint density at radius 2 is 1.76 bits per heavy atom. The van der Waals surface area contributed by atoms with Crippen molar-refractivity contribution in [2.24, 2.45) is 0 Å². The van der Waals surface area contributed by atoms with E-state index in [1.165, 1.54) is 0 Å². The third-order valence-corrected chi connectivity index (χ3v) is 2.13. The minimum atomic E-state index is -0.185. The Hall–Kier alpha value is -2.04. The molecular formula is C12H15N3O2. The first kappa shape index (κ1) is 11.4. The van der Waals surface area contributed by atoms with Gasteiger partial charge in [-0.2, -0.15) is 0 Å². The van der Waals surface area contributed by atoms with Crippen molar-refractivity contribution in [3.8, 4) is 11.8 Å². The largest absolute Gasteiger partial charge is 0.420 e. The average molecular weight is 233 g/mol. The molecular weight excluding hydrogens is 218 g/mol. The predicted molar refractivity (Wildman–Crippen MR) is 63.9 cm³/mol. The van der Waals surface area contributed by atoms with E-state index in [1.807, 2.05) is 20.8 Å². The normalized spacial score (nSPS) is 11.5. The second kappa shape index (κ2) is 4.08. The Kier molecular flexibility index (Phi) is 2.75. The molecule has 1 aromatic carbocycles. The van der Waals surface area contributed by atoms with Crippen LogP contribution in [0.2, 0.25) is 0 Å². The zero-order valence-corrected chi connectivity index (χ0v) is 10.1. The molecule has 17 heavy (non-hydrogen) atoms. The summed E-state index contributed by atoms with van der Waals surface area (Å²) in [6, 6.07) is 6.99. The minimum absolute atomic E-state index is 0.139. The number of nitrogens with two attached hydrogens (primary N) is 1. The second-order valence-electron chi connectivity index (χ2n) is 4.79. The highest BCUT2D eigenvalue weighted by Crippen LogP contribution is 2.26. The molecule has 0 aliphatic heterocycles. The van der Waals surface area contributed by atoms with Crippen molar-refractivity contribution in [1.82, 2.24) is 10.2 Å². The minimum Gasteiger partial charge on any atom is -0.410 e. The molecule has 0 radical (unpaired) electrons. The number of benzene rings is 1. The monoisotopic (exact) mass is 233 g/mol. The zero-order valence-electron chi connectivity index (χ0n) is 10.1. The molecule has 0 aliphatic rings. The van der Waals surface area contributed by atoms with Gasteiger partial charge in [-0.25, -0.2) is 0 Å². The first-order valence-electron chi connectivity index (χ1n) is 5.32. The Morgan fingerprint density at radius 1 is 1.12 bits per heavy atom. The van der Waals surface area contributed by atoms with Gasteiger partial charge in [-0.3, -0.25) is 0 Å². The van der Waals surface area contributed by atoms with Crippen LogP contribution in [0.15, 0.2) is 28.7 Å². The van der Waals surface area contributed by atoms with Gasteiger partial charge in [-0.1, -0.05) is 25.9 Å². The van der Waals surface area contributed by atoms with Crippen LogP contribution >= 0.6 is 0 Å². The van der Waals surface area contributed by atoms with Crippen LogP contribution in [0.5, 0.6) is 11.8 Å². The third kappa shape index (κ3) is 2.75. The van der Waals surface area contributed by atoms with Crippen LogP contribution in [0, 0.1) is 0 Å². The molecule has 0 atom stereocenters. The van der Waals surface area contributed by atoms with Gasteiger partial charge in [0.25, 0.3) is 0 Å². The number of ether oxygens (including phenoxy) is 1. The van der Waals surface area contributed by atoms with Crippen LogP contribution in [0.1, 0.15) is 26.7 Å². The molecule has 2 rings (SSSR count). The number of nitrogen functional groups attached to an aromatic ring is 1. The van der Waals surface area contributed by atoms with Gasteiger partial charge < -0.3 is 14.9 Å². The Balaban J connectivity index is 2.14. The molecule has 2 N–H and O–H groups in total. The van der Waals surface area contributed by atoms with E-state index >= 15 is 0 Å². The molecule has 1 heterocycles. The Labute approximate surface area is 99.6 Å². The van der Waals surface area contributed by atoms with Gasteiger partial charge in [-0.05, 0) is 24.3 Å². The van der Waals surface area contributed by atoms with Crippen LogP contribution in [0.3, 0.4) is 0 Å². The molecule has 0 unspecified atom stereocenters. The summed E-state index contributed by atoms with van der Waals surface area (Å²) in [5, 5.41) is 7.77. The molecule has 0 saturated heterocycles. The van der Waals surface area contributed by atoms with Gasteiger partial charge in [0, 0.05) is 11.1 Å². The molecule has 1 aromatic heterocycles. The van der Waals surface area contributed by atoms with Crippen molar-refractivity contribution >= 4 is 5.69 Å². The van der Waals surface area contributed by atoms with E-state index in [0.717, 1.165) is 0 Å². The van der Waals surface area contributed by atoms with E-state index < -0.39 is 0 Å². The summed E-state index contributed by atoms with van der Waals surface area (Å²) in [5.41, 5.74) is 6.07. The molecule has 0 fully saturated rings. The van der Waals surface area contributed by atoms with Crippen LogP contribution in [-0.2, 0) is 5.41 Å². The molecule has 0 saturated carbocycles. The molecule has 0 bridgehead atoms. The highest BCUT2D eigenvalue weighted by atomic mass is 16.6. The summed E-state index contributed by atoms with van der Waals surface area (Å²) in [6.45, 7) is 5.98. The zero-order chi connectivity index (χ0) is 12.5. The molecule has 5 nitrogen and oxygen atoms in total. The Morgan fingerprint density at radius 3 is 2.29 bits per heavy atom. The first-order chi connectivity index (χ1) is 7.95. The fourth-order valence-electron chi connectivity index (χ4n) is 1.19. The average Bonchev–Trinajstić information content (AvgIpc) is 2.69. The maximum absolute atomic E-state index is 5.57. The summed E-state index contributed by atoms with van der Waals surface area (Å²) in [6.07, 6.45) is 0.139. The van der Waals surface area contributed by atoms with E-state index in [2.05, 4.69) is 10.2 Å². The molecule has 90 valence electrons. The summed E-state index contributed by atoms with van der Waals surface area (Å²) < 4.78 is 10.8. The number of nitrogens with zero attached hydrogens (tertiary/aromatic N) is 2. The quantitative estimate of drug-likeness (QED) is 0.807. The van der Waals surface area contributed by atoms with E-state index in [0.29, 0.717) is 17.3 Å². The lowest BCUT2D eigenvalue weighted by atomic mass is 9.97. The van der Waals surface area contributed by atoms with Gasteiger partial charge in [0.05, 0.1) is 0 Å². The number of rotatable bonds is 2. The van der Waals surface area contributed by atoms with E-state index in [-0.39, 0.29) is 11.5 Å². The summed E-state index contributed by atoms with van der Waals surface area (Å²) in [5.74, 6) is 1.16. The maximum Gasteiger partial charge on any atom is 0.420 e. The molecule has 2 aromatic rings. The summed E-state index contributed by atoms with van der Waals surface area (Å²) in [4.78, 5) is 0. The third-order valence-electron chi connectivity index (χ3n) is 2.13. The smallest absolute Gasteiger partial charge is 0.410 e. The lowest BCUT2D eigenvalue weighted by Gasteiger charge is -2.10. The predicted octanol–water partition coefficient (Wildman–Crippen LogP) is 2.74. The highest BCUT2D eigenvalue weighted by Gasteiger charge is 2.22. The van der Waals surface area contributed by atoms with Gasteiger partial charge in [0.1, 0.15) is 5.75 Å². The van der Waals surface area contributed by atoms with E-state index in [4.69, 9.17) is 14.9 Å². The van der Waals surface area contributed by atoms with Gasteiger partial charge in [-0.15, -0.1) is 5.10 Å². The lowest BCUT2D eigenvalue weighted by Crippen LogP contribution is -2.11. The number of hydrogen-bond donors (Lipinski definition) is 1. The van der Waals surface area contributed by atoms with Crippen molar-refractivity contribution < 1.29 is 9.15 Å². The van der Waals surface area contributed by atoms with Crippen LogP contribution < -0.4 is 10.5 Å². The molecule has 5 heteroatoms. The second-order valence-corrected chi connectivity index (χ2v) is 4.79. The highest BCUT2D eigenvalue weighted by molar-refractivity contribution is 5.42. The number of hydrogen-bond acceptors (Lipinski definition) is 5. The SMILES string of the molecule is CC(C)(C)c1nnc(Oc2ccc(N)cc2)o1. The van der Waals surface area contributed by atoms with Gasteiger partial charge in [0.15, 0.2) is 0 Å². The van der Waals surface area contributed by atoms with E-state index in [9.17, 15) is 0 Å². The molecule has 0 spiro atoms. The van der Waals surface area contributed by atoms with Crippen molar-refractivity contribution in [3.63, 3.8) is 0 Å². The number of anilines is 1. The van der Waals surface area contributed by atoms with Crippen LogP contribution in [0.4, 0.5) is 5.69 Å². The van der Waals surface area contributed by atoms with Gasteiger partial charge >= 0.3 is 6.08 Å². The van der Waals surface area contributed by atoms with Crippen molar-refractivity contribution in [2.75, 3.05) is 5.73 Å². The van der Waals surface area contributed by atoms with E-state index in [1.54, 1.807) is 24.3 Å². The summed E-state index contributed by atoms with van der Waals surface area (Å²) >= 11 is 0. The van der Waals surface area contributed by atoms with Crippen molar-refractivity contribution in [1.29, 1.82) is 0 Å². The van der Waals surface area contributed by atoms with Crippen molar-refractivity contribution in [3.05, 3.63) is 30.2 Å². The Bertz CT molecular complexity index is 497. The fourth-order valence-corrected chi connectivity index (χ4v) is 1.19. The lowest BCUT2D eigenvalue weighted by molar-refractivity contribution is 0.294. The maximum atomic E-state index is 5.57. The topological polar surface area (TPSA) is 74.2 Å². The number of aromatic nitrogens is 2. The summed E-state index contributed by atoms with van der Waals surface area (Å²) in [7, 11) is 0. The van der Waals surface area contributed by atoms with Crippen molar-refractivity contribution in [2.45, 2.75) is 26.2 Å².